The Morgan fingerprint density at radius 1 is 0.935 bits per heavy atom. The van der Waals surface area contributed by atoms with E-state index in [1.807, 2.05) is 9.80 Å². The molecule has 4 rings (SSSR count). The summed E-state index contributed by atoms with van der Waals surface area (Å²) in [6.07, 6.45) is 7.17. The summed E-state index contributed by atoms with van der Waals surface area (Å²) in [5.41, 5.74) is 1.22. The van der Waals surface area contributed by atoms with E-state index >= 15 is 0 Å². The highest BCUT2D eigenvalue weighted by molar-refractivity contribution is 5.75. The number of rotatable bonds is 7. The molecule has 2 amide bonds. The maximum Gasteiger partial charge on any atom is 0.320 e. The zero-order chi connectivity index (χ0) is 21.6. The van der Waals surface area contributed by atoms with Gasteiger partial charge in [-0.25, -0.2) is 14.8 Å². The van der Waals surface area contributed by atoms with Gasteiger partial charge in [0.25, 0.3) is 0 Å². The Labute approximate surface area is 187 Å². The van der Waals surface area contributed by atoms with Crippen molar-refractivity contribution in [2.45, 2.75) is 44.6 Å². The number of carbonyl (C=O) groups is 1. The quantitative estimate of drug-likeness (QED) is 0.623. The SMILES string of the molecule is CN(C)N1CCCC1CCCOc1ccc(N2CCN(C(=O)N3CCCC3)CC2)cc1. The molecule has 172 valence electrons. The molecule has 7 nitrogen and oxygen atoms in total. The Morgan fingerprint density at radius 3 is 2.29 bits per heavy atom. The maximum absolute atomic E-state index is 12.6. The minimum Gasteiger partial charge on any atom is -0.494 e. The molecule has 1 aromatic carbocycles. The van der Waals surface area contributed by atoms with E-state index in [1.165, 1.54) is 31.5 Å². The van der Waals surface area contributed by atoms with Crippen molar-refractivity contribution in [3.8, 4) is 5.75 Å². The molecule has 3 aliphatic rings. The van der Waals surface area contributed by atoms with Gasteiger partial charge in [0, 0.05) is 71.6 Å². The number of piperazine rings is 1. The number of benzene rings is 1. The van der Waals surface area contributed by atoms with E-state index in [0.29, 0.717) is 6.04 Å². The van der Waals surface area contributed by atoms with E-state index in [-0.39, 0.29) is 6.03 Å². The summed E-state index contributed by atoms with van der Waals surface area (Å²) in [7, 11) is 4.28. The average Bonchev–Trinajstić information content (AvgIpc) is 3.49. The zero-order valence-electron chi connectivity index (χ0n) is 19.3. The van der Waals surface area contributed by atoms with Gasteiger partial charge in [-0.05, 0) is 62.8 Å². The lowest BCUT2D eigenvalue weighted by Gasteiger charge is -2.37. The minimum absolute atomic E-state index is 0.229. The van der Waals surface area contributed by atoms with Gasteiger partial charge in [-0.15, -0.1) is 0 Å². The molecule has 0 saturated carbocycles. The predicted octanol–water partition coefficient (Wildman–Crippen LogP) is 3.12. The number of anilines is 1. The van der Waals surface area contributed by atoms with Crippen LogP contribution < -0.4 is 9.64 Å². The second-order valence-corrected chi connectivity index (χ2v) is 9.24. The fourth-order valence-electron chi connectivity index (χ4n) is 5.17. The third kappa shape index (κ3) is 5.63. The molecule has 1 atom stereocenters. The third-order valence-corrected chi connectivity index (χ3v) is 6.94. The molecule has 31 heavy (non-hydrogen) atoms. The molecule has 7 heteroatoms. The Bertz CT molecular complexity index is 696. The van der Waals surface area contributed by atoms with Crippen molar-refractivity contribution >= 4 is 11.7 Å². The summed E-state index contributed by atoms with van der Waals surface area (Å²) < 4.78 is 6.00. The fourth-order valence-corrected chi connectivity index (χ4v) is 5.17. The van der Waals surface area contributed by atoms with E-state index < -0.39 is 0 Å². The first-order valence-corrected chi connectivity index (χ1v) is 12.1. The van der Waals surface area contributed by atoms with E-state index in [4.69, 9.17) is 4.74 Å². The van der Waals surface area contributed by atoms with E-state index in [2.05, 4.69) is 53.3 Å². The molecule has 0 radical (unpaired) electrons. The second kappa shape index (κ2) is 10.6. The van der Waals surface area contributed by atoms with Gasteiger partial charge in [0.15, 0.2) is 0 Å². The number of hydrogen-bond acceptors (Lipinski definition) is 5. The molecule has 3 aliphatic heterocycles. The van der Waals surface area contributed by atoms with Gasteiger partial charge in [0.1, 0.15) is 5.75 Å². The monoisotopic (exact) mass is 429 g/mol. The maximum atomic E-state index is 12.6. The normalized spacial score (nSPS) is 22.5. The minimum atomic E-state index is 0.229. The summed E-state index contributed by atoms with van der Waals surface area (Å²) in [5, 5.41) is 4.71. The number of nitrogens with zero attached hydrogens (tertiary/aromatic N) is 5. The molecule has 0 aliphatic carbocycles. The number of carbonyl (C=O) groups excluding carboxylic acids is 1. The van der Waals surface area contributed by atoms with Gasteiger partial charge in [-0.2, -0.15) is 0 Å². The molecule has 3 fully saturated rings. The van der Waals surface area contributed by atoms with Gasteiger partial charge in [0.05, 0.1) is 6.61 Å². The molecular weight excluding hydrogens is 390 g/mol. The van der Waals surface area contributed by atoms with Crippen LogP contribution in [0.2, 0.25) is 0 Å². The van der Waals surface area contributed by atoms with E-state index in [0.717, 1.165) is 70.9 Å². The first-order valence-electron chi connectivity index (χ1n) is 12.1. The average molecular weight is 430 g/mol. The van der Waals surface area contributed by atoms with Crippen LogP contribution in [-0.2, 0) is 0 Å². The molecule has 0 bridgehead atoms. The molecule has 0 N–H and O–H groups in total. The standard InChI is InChI=1S/C24H39N5O2/c1-25(2)29-15-5-7-22(29)8-6-20-31-23-11-9-21(10-12-23)26-16-18-28(19-17-26)24(30)27-13-3-4-14-27/h9-12,22H,3-8,13-20H2,1-2H3. The highest BCUT2D eigenvalue weighted by Crippen LogP contribution is 2.24. The molecule has 1 unspecified atom stereocenters. The number of amides is 2. The van der Waals surface area contributed by atoms with Crippen LogP contribution in [0.4, 0.5) is 10.5 Å². The van der Waals surface area contributed by atoms with Crippen molar-refractivity contribution in [3.63, 3.8) is 0 Å². The van der Waals surface area contributed by atoms with Crippen molar-refractivity contribution in [3.05, 3.63) is 24.3 Å². The van der Waals surface area contributed by atoms with Gasteiger partial charge < -0.3 is 19.4 Å². The van der Waals surface area contributed by atoms with Crippen LogP contribution in [0.5, 0.6) is 5.75 Å². The predicted molar refractivity (Wildman–Crippen MR) is 125 cm³/mol. The molecular formula is C24H39N5O2. The smallest absolute Gasteiger partial charge is 0.320 e. The number of likely N-dealkylation sites (tertiary alicyclic amines) is 1. The molecule has 0 aromatic heterocycles. The summed E-state index contributed by atoms with van der Waals surface area (Å²) in [6.45, 7) is 7.20. The lowest BCUT2D eigenvalue weighted by molar-refractivity contribution is 0.00734. The summed E-state index contributed by atoms with van der Waals surface area (Å²) in [4.78, 5) is 19.0. The van der Waals surface area contributed by atoms with Crippen molar-refractivity contribution in [1.82, 2.24) is 19.8 Å². The molecule has 3 heterocycles. The number of hydrogen-bond donors (Lipinski definition) is 0. The van der Waals surface area contributed by atoms with E-state index in [1.54, 1.807) is 0 Å². The van der Waals surface area contributed by atoms with Crippen LogP contribution in [0.15, 0.2) is 24.3 Å². The first kappa shape index (κ1) is 22.2. The third-order valence-electron chi connectivity index (χ3n) is 6.94. The lowest BCUT2D eigenvalue weighted by Crippen LogP contribution is -2.52. The Kier molecular flexibility index (Phi) is 7.56. The Balaban J connectivity index is 1.17. The zero-order valence-corrected chi connectivity index (χ0v) is 19.3. The number of hydrazine groups is 1. The first-order chi connectivity index (χ1) is 15.1. The summed E-state index contributed by atoms with van der Waals surface area (Å²) >= 11 is 0. The lowest BCUT2D eigenvalue weighted by atomic mass is 10.1. The Morgan fingerprint density at radius 2 is 1.61 bits per heavy atom. The van der Waals surface area contributed by atoms with Crippen LogP contribution >= 0.6 is 0 Å². The molecule has 1 aromatic rings. The van der Waals surface area contributed by atoms with Gasteiger partial charge in [-0.3, -0.25) is 0 Å². The number of ether oxygens (including phenoxy) is 1. The number of urea groups is 1. The van der Waals surface area contributed by atoms with Crippen LogP contribution in [0, 0.1) is 0 Å². The fraction of sp³-hybridized carbons (Fsp3) is 0.708. The van der Waals surface area contributed by atoms with E-state index in [9.17, 15) is 4.79 Å². The highest BCUT2D eigenvalue weighted by atomic mass is 16.5. The van der Waals surface area contributed by atoms with Crippen LogP contribution in [0.1, 0.15) is 38.5 Å². The van der Waals surface area contributed by atoms with Crippen LogP contribution in [-0.4, -0.2) is 98.4 Å². The molecule has 3 saturated heterocycles. The topological polar surface area (TPSA) is 42.5 Å². The van der Waals surface area contributed by atoms with Crippen LogP contribution in [0.25, 0.3) is 0 Å². The van der Waals surface area contributed by atoms with Crippen molar-refractivity contribution in [2.24, 2.45) is 0 Å². The van der Waals surface area contributed by atoms with Gasteiger partial charge in [-0.1, -0.05) is 0 Å². The van der Waals surface area contributed by atoms with Gasteiger partial charge >= 0.3 is 6.03 Å². The van der Waals surface area contributed by atoms with Gasteiger partial charge in [0.2, 0.25) is 0 Å². The van der Waals surface area contributed by atoms with Crippen molar-refractivity contribution < 1.29 is 9.53 Å². The summed E-state index contributed by atoms with van der Waals surface area (Å²) in [6, 6.07) is 9.36. The Hall–Kier alpha value is -1.99. The second-order valence-electron chi connectivity index (χ2n) is 9.24. The highest BCUT2D eigenvalue weighted by Gasteiger charge is 2.27. The van der Waals surface area contributed by atoms with Crippen LogP contribution in [0.3, 0.4) is 0 Å². The van der Waals surface area contributed by atoms with Crippen molar-refractivity contribution in [1.29, 1.82) is 0 Å². The molecule has 0 spiro atoms. The van der Waals surface area contributed by atoms with Crippen molar-refractivity contribution in [2.75, 3.05) is 71.4 Å². The largest absolute Gasteiger partial charge is 0.494 e. The summed E-state index contributed by atoms with van der Waals surface area (Å²) in [5.74, 6) is 0.947.